The van der Waals surface area contributed by atoms with Gasteiger partial charge in [0.1, 0.15) is 22.4 Å². The highest BCUT2D eigenvalue weighted by molar-refractivity contribution is 6.08. The lowest BCUT2D eigenvalue weighted by atomic mass is 10.2. The van der Waals surface area contributed by atoms with Gasteiger partial charge in [-0.2, -0.15) is 10.2 Å². The van der Waals surface area contributed by atoms with Crippen LogP contribution in [0.4, 0.5) is 22.7 Å². The second-order valence-electron chi connectivity index (χ2n) is 11.8. The predicted octanol–water partition coefficient (Wildman–Crippen LogP) is 4.65. The maximum absolute atomic E-state index is 13.8. The molecule has 7 rings (SSSR count). The minimum atomic E-state index is -0.906. The summed E-state index contributed by atoms with van der Waals surface area (Å²) in [6.45, 7) is 0.0204. The first kappa shape index (κ1) is 35.8. The van der Waals surface area contributed by atoms with Crippen molar-refractivity contribution in [2.75, 3.05) is 0 Å². The van der Waals surface area contributed by atoms with Gasteiger partial charge in [0.15, 0.2) is 22.7 Å². The molecular formula is C34H22N12O10. The van der Waals surface area contributed by atoms with Crippen LogP contribution in [0, 0.1) is 40.5 Å². The Morgan fingerprint density at radius 3 is 1.29 bits per heavy atom. The fourth-order valence-electron chi connectivity index (χ4n) is 5.69. The summed E-state index contributed by atoms with van der Waals surface area (Å²) in [5, 5.41) is 61.5. The number of amides is 2. The standard InChI is InChI=1S/C34H22N12O10/c47-33(35-17-19-7-3-1-4-8-19)29-27-31(41(39-29)23-13-11-21(43(49)50)15-25(23)45(53)54)38-32-28(37-27)30(34(48)36-18-20-9-5-2-6-10-20)40-42(32)24-14-12-22(44(51)52)16-26(24)46(55)56/h1-16H,17-18H2,(H,35,47)(H,36,48). The molecule has 0 aliphatic heterocycles. The van der Waals surface area contributed by atoms with Crippen LogP contribution in [0.25, 0.3) is 33.7 Å². The van der Waals surface area contributed by atoms with E-state index in [1.165, 1.54) is 0 Å². The fourth-order valence-corrected chi connectivity index (χ4v) is 5.69. The van der Waals surface area contributed by atoms with E-state index in [4.69, 9.17) is 0 Å². The summed E-state index contributed by atoms with van der Waals surface area (Å²) in [4.78, 5) is 80.7. The van der Waals surface area contributed by atoms with Crippen molar-refractivity contribution >= 4 is 56.9 Å². The highest BCUT2D eigenvalue weighted by Gasteiger charge is 2.32. The third-order valence-corrected chi connectivity index (χ3v) is 8.32. The second-order valence-corrected chi connectivity index (χ2v) is 11.8. The molecule has 2 amide bonds. The zero-order valence-corrected chi connectivity index (χ0v) is 28.2. The number of aromatic nitrogens is 6. The molecular weight excluding hydrogens is 736 g/mol. The van der Waals surface area contributed by atoms with E-state index in [1.54, 1.807) is 60.7 Å². The molecule has 7 aromatic rings. The lowest BCUT2D eigenvalue weighted by molar-refractivity contribution is -0.394. The molecule has 0 aliphatic carbocycles. The molecule has 3 aromatic heterocycles. The summed E-state index contributed by atoms with van der Waals surface area (Å²) in [6.07, 6.45) is 0. The Labute approximate surface area is 310 Å². The molecule has 0 bridgehead atoms. The van der Waals surface area contributed by atoms with Crippen LogP contribution >= 0.6 is 0 Å². The summed E-state index contributed by atoms with van der Waals surface area (Å²) in [6, 6.07) is 22.9. The molecule has 3 heterocycles. The Balaban J connectivity index is 1.49. The van der Waals surface area contributed by atoms with E-state index < -0.39 is 65.6 Å². The third-order valence-electron chi connectivity index (χ3n) is 8.32. The number of nitrogens with one attached hydrogen (secondary N) is 2. The SMILES string of the molecule is O=C(NCc1ccccc1)c1nn(-c2ccc([N+](=O)[O-])cc2[N+](=O)[O-])c2nc3c(nc12)c(C(=O)NCc1ccccc1)nn3-c1ccc([N+](=O)[O-])cc1[N+](=O)[O-]. The van der Waals surface area contributed by atoms with Crippen molar-refractivity contribution in [3.8, 4) is 11.4 Å². The molecule has 0 radical (unpaired) electrons. The zero-order valence-electron chi connectivity index (χ0n) is 28.2. The van der Waals surface area contributed by atoms with Gasteiger partial charge in [0.25, 0.3) is 23.2 Å². The van der Waals surface area contributed by atoms with Crippen molar-refractivity contribution in [2.24, 2.45) is 0 Å². The van der Waals surface area contributed by atoms with E-state index in [-0.39, 0.29) is 46.8 Å². The number of carbonyl (C=O) groups excluding carboxylic acids is 2. The second kappa shape index (κ2) is 14.5. The van der Waals surface area contributed by atoms with Gasteiger partial charge in [-0.1, -0.05) is 60.7 Å². The molecule has 0 atom stereocenters. The Bertz CT molecular complexity index is 2590. The summed E-state index contributed by atoms with van der Waals surface area (Å²) in [5.74, 6) is -1.66. The smallest absolute Gasteiger partial charge is 0.301 e. The Morgan fingerprint density at radius 1 is 0.536 bits per heavy atom. The first-order valence-corrected chi connectivity index (χ1v) is 16.1. The van der Waals surface area contributed by atoms with Crippen LogP contribution in [0.1, 0.15) is 32.1 Å². The maximum Gasteiger partial charge on any atom is 0.301 e. The van der Waals surface area contributed by atoms with Gasteiger partial charge in [-0.25, -0.2) is 19.3 Å². The van der Waals surface area contributed by atoms with E-state index in [2.05, 4.69) is 30.8 Å². The van der Waals surface area contributed by atoms with Crippen molar-refractivity contribution in [2.45, 2.75) is 13.1 Å². The van der Waals surface area contributed by atoms with Gasteiger partial charge in [0.05, 0.1) is 31.8 Å². The minimum Gasteiger partial charge on any atom is -0.346 e. The lowest BCUT2D eigenvalue weighted by Crippen LogP contribution is -2.24. The van der Waals surface area contributed by atoms with Gasteiger partial charge in [0.2, 0.25) is 0 Å². The Morgan fingerprint density at radius 2 is 0.929 bits per heavy atom. The molecule has 0 unspecified atom stereocenters. The first-order valence-electron chi connectivity index (χ1n) is 16.1. The summed E-state index contributed by atoms with van der Waals surface area (Å²) >= 11 is 0. The Hall–Kier alpha value is -8.56. The lowest BCUT2D eigenvalue weighted by Gasteiger charge is -2.06. The molecule has 0 saturated heterocycles. The highest BCUT2D eigenvalue weighted by atomic mass is 16.6. The van der Waals surface area contributed by atoms with Crippen LogP contribution in [0.3, 0.4) is 0 Å². The largest absolute Gasteiger partial charge is 0.346 e. The highest BCUT2D eigenvalue weighted by Crippen LogP contribution is 2.34. The summed E-state index contributed by atoms with van der Waals surface area (Å²) < 4.78 is 1.69. The zero-order chi connectivity index (χ0) is 39.7. The molecule has 22 nitrogen and oxygen atoms in total. The normalized spacial score (nSPS) is 11.0. The monoisotopic (exact) mass is 758 g/mol. The molecule has 0 fully saturated rings. The van der Waals surface area contributed by atoms with Gasteiger partial charge < -0.3 is 10.6 Å². The number of fused-ring (bicyclic) bond motifs is 2. The van der Waals surface area contributed by atoms with Crippen LogP contribution in [-0.4, -0.2) is 61.0 Å². The van der Waals surface area contributed by atoms with Crippen molar-refractivity contribution in [1.29, 1.82) is 0 Å². The van der Waals surface area contributed by atoms with Crippen LogP contribution in [0.2, 0.25) is 0 Å². The number of non-ortho nitro benzene ring substituents is 2. The molecule has 56 heavy (non-hydrogen) atoms. The van der Waals surface area contributed by atoms with Gasteiger partial charge in [-0.3, -0.25) is 50.0 Å². The first-order chi connectivity index (χ1) is 26.9. The van der Waals surface area contributed by atoms with E-state index in [1.807, 2.05) is 0 Å². The van der Waals surface area contributed by atoms with Gasteiger partial charge >= 0.3 is 11.4 Å². The fraction of sp³-hybridized carbons (Fsp3) is 0.0588. The van der Waals surface area contributed by atoms with Gasteiger partial charge in [-0.05, 0) is 23.3 Å². The predicted molar refractivity (Wildman–Crippen MR) is 193 cm³/mol. The molecule has 278 valence electrons. The number of hydrogen-bond donors (Lipinski definition) is 2. The third kappa shape index (κ3) is 6.73. The van der Waals surface area contributed by atoms with E-state index >= 15 is 0 Å². The number of nitrogens with zero attached hydrogens (tertiary/aromatic N) is 10. The molecule has 4 aromatic carbocycles. The van der Waals surface area contributed by atoms with Crippen LogP contribution < -0.4 is 10.6 Å². The topological polar surface area (TPSA) is 292 Å². The van der Waals surface area contributed by atoms with Crippen molar-refractivity contribution in [1.82, 2.24) is 40.2 Å². The van der Waals surface area contributed by atoms with Crippen molar-refractivity contribution in [3.05, 3.63) is 160 Å². The summed E-state index contributed by atoms with van der Waals surface area (Å²) in [5.41, 5.74) is -4.39. The Kier molecular flexibility index (Phi) is 9.25. The molecule has 2 N–H and O–H groups in total. The molecule has 0 spiro atoms. The van der Waals surface area contributed by atoms with Crippen LogP contribution in [0.5, 0.6) is 0 Å². The van der Waals surface area contributed by atoms with Gasteiger partial charge in [0, 0.05) is 25.2 Å². The number of benzene rings is 4. The minimum absolute atomic E-state index is 0.0102. The van der Waals surface area contributed by atoms with Gasteiger partial charge in [-0.15, -0.1) is 0 Å². The average molecular weight is 759 g/mol. The van der Waals surface area contributed by atoms with Crippen LogP contribution in [0.15, 0.2) is 97.1 Å². The van der Waals surface area contributed by atoms with E-state index in [0.717, 1.165) is 33.6 Å². The molecule has 22 heteroatoms. The quantitative estimate of drug-likeness (QED) is 0.127. The summed E-state index contributed by atoms with van der Waals surface area (Å²) in [7, 11) is 0. The van der Waals surface area contributed by atoms with E-state index in [0.29, 0.717) is 23.3 Å². The van der Waals surface area contributed by atoms with E-state index in [9.17, 15) is 50.0 Å². The average Bonchev–Trinajstić information content (AvgIpc) is 3.76. The van der Waals surface area contributed by atoms with Crippen molar-refractivity contribution < 1.29 is 29.3 Å². The number of hydrogen-bond acceptors (Lipinski definition) is 14. The molecule has 0 aliphatic rings. The number of carbonyl (C=O) groups is 2. The van der Waals surface area contributed by atoms with Crippen LogP contribution in [-0.2, 0) is 13.1 Å². The number of nitro benzene ring substituents is 4. The number of nitro groups is 4. The van der Waals surface area contributed by atoms with Crippen molar-refractivity contribution in [3.63, 3.8) is 0 Å². The maximum atomic E-state index is 13.8. The molecule has 0 saturated carbocycles. The number of rotatable bonds is 12.